The number of amides is 1. The third kappa shape index (κ3) is 4.26. The third-order valence-electron chi connectivity index (χ3n) is 3.71. The first-order valence-electron chi connectivity index (χ1n) is 7.93. The highest BCUT2D eigenvalue weighted by atomic mass is 35.5. The van der Waals surface area contributed by atoms with E-state index in [4.69, 9.17) is 11.6 Å². The molecule has 0 saturated heterocycles. The molecule has 1 amide bonds. The number of ketones is 1. The zero-order valence-electron chi connectivity index (χ0n) is 14.0. The van der Waals surface area contributed by atoms with Crippen LogP contribution in [-0.2, 0) is 0 Å². The number of anilines is 3. The van der Waals surface area contributed by atoms with Gasteiger partial charge in [-0.1, -0.05) is 23.7 Å². The van der Waals surface area contributed by atoms with Crippen molar-refractivity contribution in [2.45, 2.75) is 6.92 Å². The molecule has 0 fully saturated rings. The SMILES string of the molecule is CC(=O)c1ccc(Nc2cc(C(=O)Nc3ccccc3Cl)ccn2)cc1. The second-order valence-electron chi connectivity index (χ2n) is 5.62. The van der Waals surface area contributed by atoms with Crippen LogP contribution in [0.3, 0.4) is 0 Å². The lowest BCUT2D eigenvalue weighted by molar-refractivity contribution is 0.101. The van der Waals surface area contributed by atoms with E-state index in [1.165, 1.54) is 6.92 Å². The molecule has 1 aromatic heterocycles. The van der Waals surface area contributed by atoms with Crippen LogP contribution in [0.1, 0.15) is 27.6 Å². The largest absolute Gasteiger partial charge is 0.340 e. The molecular weight excluding hydrogens is 350 g/mol. The highest BCUT2D eigenvalue weighted by Gasteiger charge is 2.09. The summed E-state index contributed by atoms with van der Waals surface area (Å²) >= 11 is 6.07. The predicted molar refractivity (Wildman–Crippen MR) is 103 cm³/mol. The Labute approximate surface area is 156 Å². The molecule has 1 heterocycles. The Bertz CT molecular complexity index is 955. The monoisotopic (exact) mass is 365 g/mol. The number of hydrogen-bond donors (Lipinski definition) is 2. The Morgan fingerprint density at radius 1 is 0.962 bits per heavy atom. The third-order valence-corrected chi connectivity index (χ3v) is 4.04. The molecule has 0 aliphatic carbocycles. The summed E-state index contributed by atoms with van der Waals surface area (Å²) in [5, 5.41) is 6.36. The summed E-state index contributed by atoms with van der Waals surface area (Å²) in [7, 11) is 0. The van der Waals surface area contributed by atoms with Gasteiger partial charge in [-0.25, -0.2) is 4.98 Å². The molecule has 0 unspecified atom stereocenters. The zero-order chi connectivity index (χ0) is 18.5. The van der Waals surface area contributed by atoms with Gasteiger partial charge in [0.15, 0.2) is 5.78 Å². The van der Waals surface area contributed by atoms with Crippen LogP contribution >= 0.6 is 11.6 Å². The number of aromatic nitrogens is 1. The number of Topliss-reactive ketones (excluding diaryl/α,β-unsaturated/α-hetero) is 1. The van der Waals surface area contributed by atoms with E-state index in [0.717, 1.165) is 5.69 Å². The van der Waals surface area contributed by atoms with E-state index in [0.29, 0.717) is 27.7 Å². The molecule has 0 atom stereocenters. The lowest BCUT2D eigenvalue weighted by Gasteiger charge is -2.09. The number of carbonyl (C=O) groups excluding carboxylic acids is 2. The van der Waals surface area contributed by atoms with Crippen LogP contribution in [-0.4, -0.2) is 16.7 Å². The molecule has 0 saturated carbocycles. The van der Waals surface area contributed by atoms with Crippen molar-refractivity contribution in [1.29, 1.82) is 0 Å². The fraction of sp³-hybridized carbons (Fsp3) is 0.0500. The second kappa shape index (κ2) is 7.80. The fourth-order valence-electron chi connectivity index (χ4n) is 2.33. The highest BCUT2D eigenvalue weighted by molar-refractivity contribution is 6.33. The molecule has 3 rings (SSSR count). The van der Waals surface area contributed by atoms with Crippen LogP contribution in [0.2, 0.25) is 5.02 Å². The van der Waals surface area contributed by atoms with Crippen LogP contribution in [0, 0.1) is 0 Å². The number of pyridine rings is 1. The van der Waals surface area contributed by atoms with Gasteiger partial charge in [0, 0.05) is 23.0 Å². The van der Waals surface area contributed by atoms with Gasteiger partial charge >= 0.3 is 0 Å². The van der Waals surface area contributed by atoms with Gasteiger partial charge in [0.05, 0.1) is 10.7 Å². The van der Waals surface area contributed by atoms with Crippen molar-refractivity contribution < 1.29 is 9.59 Å². The lowest BCUT2D eigenvalue weighted by Crippen LogP contribution is -2.12. The van der Waals surface area contributed by atoms with E-state index in [9.17, 15) is 9.59 Å². The van der Waals surface area contributed by atoms with Gasteiger partial charge in [0.25, 0.3) is 5.91 Å². The number of rotatable bonds is 5. The van der Waals surface area contributed by atoms with E-state index < -0.39 is 0 Å². The number of para-hydroxylation sites is 1. The summed E-state index contributed by atoms with van der Waals surface area (Å²) < 4.78 is 0. The maximum atomic E-state index is 12.4. The molecule has 5 nitrogen and oxygen atoms in total. The molecule has 6 heteroatoms. The van der Waals surface area contributed by atoms with Crippen LogP contribution in [0.4, 0.5) is 17.2 Å². The van der Waals surface area contributed by atoms with Crippen molar-refractivity contribution in [2.24, 2.45) is 0 Å². The van der Waals surface area contributed by atoms with Gasteiger partial charge < -0.3 is 10.6 Å². The summed E-state index contributed by atoms with van der Waals surface area (Å²) in [5.74, 6) is 0.246. The first-order chi connectivity index (χ1) is 12.5. The van der Waals surface area contributed by atoms with E-state index in [1.54, 1.807) is 66.9 Å². The summed E-state index contributed by atoms with van der Waals surface area (Å²) in [6.07, 6.45) is 1.55. The molecule has 0 bridgehead atoms. The van der Waals surface area contributed by atoms with Gasteiger partial charge in [0.2, 0.25) is 0 Å². The average molecular weight is 366 g/mol. The predicted octanol–water partition coefficient (Wildman–Crippen LogP) is 4.93. The van der Waals surface area contributed by atoms with E-state index in [2.05, 4.69) is 15.6 Å². The Morgan fingerprint density at radius 3 is 2.38 bits per heavy atom. The van der Waals surface area contributed by atoms with Crippen molar-refractivity contribution in [3.63, 3.8) is 0 Å². The maximum Gasteiger partial charge on any atom is 0.255 e. The minimum absolute atomic E-state index is 0.00733. The number of halogens is 1. The molecule has 26 heavy (non-hydrogen) atoms. The molecule has 0 aliphatic heterocycles. The number of hydrogen-bond acceptors (Lipinski definition) is 4. The van der Waals surface area contributed by atoms with Crippen LogP contribution in [0.25, 0.3) is 0 Å². The minimum atomic E-state index is -0.282. The highest BCUT2D eigenvalue weighted by Crippen LogP contribution is 2.22. The van der Waals surface area contributed by atoms with Crippen LogP contribution in [0.5, 0.6) is 0 Å². The van der Waals surface area contributed by atoms with Gasteiger partial charge in [-0.2, -0.15) is 0 Å². The van der Waals surface area contributed by atoms with Crippen LogP contribution < -0.4 is 10.6 Å². The van der Waals surface area contributed by atoms with Crippen molar-refractivity contribution in [3.8, 4) is 0 Å². The number of nitrogens with one attached hydrogen (secondary N) is 2. The maximum absolute atomic E-state index is 12.4. The van der Waals surface area contributed by atoms with E-state index >= 15 is 0 Å². The summed E-state index contributed by atoms with van der Waals surface area (Å²) in [4.78, 5) is 28.0. The Balaban J connectivity index is 1.74. The molecular formula is C20H16ClN3O2. The first-order valence-corrected chi connectivity index (χ1v) is 8.31. The Hall–Kier alpha value is -3.18. The van der Waals surface area contributed by atoms with Crippen LogP contribution in [0.15, 0.2) is 66.9 Å². The minimum Gasteiger partial charge on any atom is -0.340 e. The van der Waals surface area contributed by atoms with Gasteiger partial charge in [-0.05, 0) is 55.5 Å². The molecule has 3 aromatic rings. The van der Waals surface area contributed by atoms with Crippen molar-refractivity contribution >= 4 is 40.5 Å². The Morgan fingerprint density at radius 2 is 1.69 bits per heavy atom. The molecule has 0 radical (unpaired) electrons. The summed E-state index contributed by atoms with van der Waals surface area (Å²) in [5.41, 5.74) is 2.40. The quantitative estimate of drug-likeness (QED) is 0.628. The summed E-state index contributed by atoms with van der Waals surface area (Å²) in [6, 6.07) is 17.3. The normalized spacial score (nSPS) is 10.2. The number of carbonyl (C=O) groups is 2. The number of benzene rings is 2. The average Bonchev–Trinajstić information content (AvgIpc) is 2.64. The van der Waals surface area contributed by atoms with Gasteiger partial charge in [0.1, 0.15) is 5.82 Å². The first kappa shape index (κ1) is 17.6. The molecule has 2 N–H and O–H groups in total. The molecule has 0 spiro atoms. The topological polar surface area (TPSA) is 71.1 Å². The molecule has 130 valence electrons. The van der Waals surface area contributed by atoms with E-state index in [1.807, 2.05) is 0 Å². The van der Waals surface area contributed by atoms with Crippen molar-refractivity contribution in [3.05, 3.63) is 83.0 Å². The molecule has 2 aromatic carbocycles. The second-order valence-corrected chi connectivity index (χ2v) is 6.03. The van der Waals surface area contributed by atoms with E-state index in [-0.39, 0.29) is 11.7 Å². The zero-order valence-corrected chi connectivity index (χ0v) is 14.7. The lowest BCUT2D eigenvalue weighted by atomic mass is 10.1. The smallest absolute Gasteiger partial charge is 0.255 e. The van der Waals surface area contributed by atoms with Crippen molar-refractivity contribution in [2.75, 3.05) is 10.6 Å². The molecule has 0 aliphatic rings. The number of nitrogens with zero attached hydrogens (tertiary/aromatic N) is 1. The standard InChI is InChI=1S/C20H16ClN3O2/c1-13(25)14-6-8-16(9-7-14)23-19-12-15(10-11-22-19)20(26)24-18-5-3-2-4-17(18)21/h2-12H,1H3,(H,22,23)(H,24,26). The Kier molecular flexibility index (Phi) is 5.29. The van der Waals surface area contributed by atoms with Gasteiger partial charge in [-0.15, -0.1) is 0 Å². The van der Waals surface area contributed by atoms with Gasteiger partial charge in [-0.3, -0.25) is 9.59 Å². The fourth-order valence-corrected chi connectivity index (χ4v) is 2.52. The summed E-state index contributed by atoms with van der Waals surface area (Å²) in [6.45, 7) is 1.52. The van der Waals surface area contributed by atoms with Crippen molar-refractivity contribution in [1.82, 2.24) is 4.98 Å².